The Morgan fingerprint density at radius 3 is 2.64 bits per heavy atom. The lowest BCUT2D eigenvalue weighted by Gasteiger charge is -2.30. The van der Waals surface area contributed by atoms with Crippen LogP contribution in [0.2, 0.25) is 0 Å². The van der Waals surface area contributed by atoms with Gasteiger partial charge in [-0.1, -0.05) is 30.3 Å². The predicted molar refractivity (Wildman–Crippen MR) is 138 cm³/mol. The van der Waals surface area contributed by atoms with Crippen LogP contribution in [0.4, 0.5) is 5.82 Å². The summed E-state index contributed by atoms with van der Waals surface area (Å²) in [4.78, 5) is 18.6. The molecule has 1 N–H and O–H groups in total. The zero-order valence-electron chi connectivity index (χ0n) is 20.2. The second-order valence-electron chi connectivity index (χ2n) is 10.1. The topological polar surface area (TPSA) is 89.1 Å². The van der Waals surface area contributed by atoms with Crippen LogP contribution in [-0.2, 0) is 11.8 Å². The lowest BCUT2D eigenvalue weighted by atomic mass is 9.95. The average molecular weight is 479 g/mol. The van der Waals surface area contributed by atoms with E-state index in [1.807, 2.05) is 47.0 Å². The molecule has 4 heterocycles. The number of aryl methyl sites for hydroxylation is 2. The number of anilines is 1. The van der Waals surface area contributed by atoms with Crippen molar-refractivity contribution in [1.29, 1.82) is 0 Å². The number of carboxylic acids is 1. The van der Waals surface area contributed by atoms with E-state index in [-0.39, 0.29) is 17.9 Å². The van der Waals surface area contributed by atoms with Crippen molar-refractivity contribution in [3.8, 4) is 16.9 Å². The Morgan fingerprint density at radius 1 is 1.03 bits per heavy atom. The van der Waals surface area contributed by atoms with Gasteiger partial charge in [-0.2, -0.15) is 10.2 Å². The third kappa shape index (κ3) is 3.07. The summed E-state index contributed by atoms with van der Waals surface area (Å²) >= 11 is 0. The fraction of sp³-hybridized carbons (Fsp3) is 0.286. The van der Waals surface area contributed by atoms with E-state index in [0.29, 0.717) is 6.42 Å². The van der Waals surface area contributed by atoms with Crippen molar-refractivity contribution in [2.75, 3.05) is 11.4 Å². The van der Waals surface area contributed by atoms with Crippen LogP contribution in [0.5, 0.6) is 0 Å². The highest BCUT2D eigenvalue weighted by Crippen LogP contribution is 2.44. The molecule has 8 nitrogen and oxygen atoms in total. The molecular weight excluding hydrogens is 452 g/mol. The van der Waals surface area contributed by atoms with Crippen LogP contribution >= 0.6 is 0 Å². The Kier molecular flexibility index (Phi) is 4.49. The molecule has 0 amide bonds. The van der Waals surface area contributed by atoms with E-state index in [1.54, 1.807) is 0 Å². The van der Waals surface area contributed by atoms with Crippen LogP contribution in [0, 0.1) is 18.8 Å². The molecule has 36 heavy (non-hydrogen) atoms. The van der Waals surface area contributed by atoms with Gasteiger partial charge in [-0.05, 0) is 49.4 Å². The second-order valence-corrected chi connectivity index (χ2v) is 10.1. The summed E-state index contributed by atoms with van der Waals surface area (Å²) in [6.07, 6.45) is 5.56. The van der Waals surface area contributed by atoms with Crippen LogP contribution in [0.1, 0.15) is 18.4 Å². The van der Waals surface area contributed by atoms with Crippen LogP contribution in [-0.4, -0.2) is 48.2 Å². The van der Waals surface area contributed by atoms with Crippen LogP contribution in [0.25, 0.3) is 38.8 Å². The lowest BCUT2D eigenvalue weighted by Crippen LogP contribution is -2.38. The van der Waals surface area contributed by atoms with Crippen LogP contribution in [0.3, 0.4) is 0 Å². The largest absolute Gasteiger partial charge is 0.481 e. The minimum atomic E-state index is -0.663. The van der Waals surface area contributed by atoms with Gasteiger partial charge in [0.05, 0.1) is 28.8 Å². The maximum Gasteiger partial charge on any atom is 0.306 e. The Bertz CT molecular complexity index is 1650. The van der Waals surface area contributed by atoms with Gasteiger partial charge < -0.3 is 10.0 Å². The quantitative estimate of drug-likeness (QED) is 0.407. The molecular formula is C28H26N6O2. The molecule has 1 saturated carbocycles. The summed E-state index contributed by atoms with van der Waals surface area (Å²) in [5, 5.41) is 21.3. The number of fused-ring (bicyclic) bond motifs is 4. The van der Waals surface area contributed by atoms with Gasteiger partial charge in [-0.15, -0.1) is 0 Å². The molecule has 5 aromatic rings. The maximum atomic E-state index is 11.5. The highest BCUT2D eigenvalue weighted by molar-refractivity contribution is 6.03. The smallest absolute Gasteiger partial charge is 0.306 e. The van der Waals surface area contributed by atoms with E-state index in [0.717, 1.165) is 63.1 Å². The number of hydrogen-bond acceptors (Lipinski definition) is 5. The molecule has 0 radical (unpaired) electrons. The molecule has 3 aromatic heterocycles. The standard InChI is InChI=1S/C28H26N6O2/c1-16-5-3-7-21-26(20-6-4-8-24-23(20)15-32(2)30-24)31-34(27(16)21)18-9-10-25(29-13-18)33-14-17-11-19(33)12-22(17)28(35)36/h3-10,13,15,17,19,22H,11-12,14H2,1-2H3,(H,35,36)/t17-,19-,22+/m0/s1. The van der Waals surface area contributed by atoms with Crippen LogP contribution in [0.15, 0.2) is 60.9 Å². The number of aromatic nitrogens is 5. The number of para-hydroxylation sites is 1. The van der Waals surface area contributed by atoms with Crippen molar-refractivity contribution in [2.45, 2.75) is 25.8 Å². The van der Waals surface area contributed by atoms with E-state index < -0.39 is 5.97 Å². The Hall–Kier alpha value is -4.20. The molecule has 0 unspecified atom stereocenters. The summed E-state index contributed by atoms with van der Waals surface area (Å²) in [5.74, 6) is 0.240. The summed E-state index contributed by atoms with van der Waals surface area (Å²) in [6.45, 7) is 2.87. The number of benzene rings is 2. The molecule has 2 aromatic carbocycles. The predicted octanol–water partition coefficient (Wildman–Crippen LogP) is 4.58. The third-order valence-electron chi connectivity index (χ3n) is 7.95. The first-order chi connectivity index (χ1) is 17.5. The molecule has 2 fully saturated rings. The summed E-state index contributed by atoms with van der Waals surface area (Å²) < 4.78 is 3.83. The molecule has 3 atom stereocenters. The summed E-state index contributed by atoms with van der Waals surface area (Å²) in [6, 6.07) is 16.8. The number of aliphatic carboxylic acids is 1. The molecule has 1 aliphatic carbocycles. The van der Waals surface area contributed by atoms with Crippen molar-refractivity contribution in [3.05, 3.63) is 66.5 Å². The number of hydrogen-bond donors (Lipinski definition) is 1. The monoisotopic (exact) mass is 478 g/mol. The molecule has 180 valence electrons. The zero-order chi connectivity index (χ0) is 24.6. The Morgan fingerprint density at radius 2 is 1.89 bits per heavy atom. The van der Waals surface area contributed by atoms with Gasteiger partial charge in [0.2, 0.25) is 0 Å². The lowest BCUT2D eigenvalue weighted by molar-refractivity contribution is -0.143. The Labute approximate surface area is 207 Å². The first-order valence-corrected chi connectivity index (χ1v) is 12.3. The number of pyridine rings is 1. The SMILES string of the molecule is Cc1cccc2c(-c3cccc4nn(C)cc34)nn(-c3ccc(N4C[C@@H]5C[C@H]4C[C@H]5C(=O)O)nc3)c12. The van der Waals surface area contributed by atoms with Gasteiger partial charge in [0.1, 0.15) is 11.5 Å². The van der Waals surface area contributed by atoms with E-state index in [4.69, 9.17) is 10.1 Å². The minimum Gasteiger partial charge on any atom is -0.481 e. The number of nitrogens with zero attached hydrogens (tertiary/aromatic N) is 6. The van der Waals surface area contributed by atoms with Gasteiger partial charge in [0, 0.05) is 42.2 Å². The molecule has 1 aliphatic heterocycles. The van der Waals surface area contributed by atoms with Gasteiger partial charge in [0.25, 0.3) is 0 Å². The molecule has 8 heteroatoms. The third-order valence-corrected chi connectivity index (χ3v) is 7.95. The van der Waals surface area contributed by atoms with Crippen molar-refractivity contribution in [1.82, 2.24) is 24.5 Å². The first kappa shape index (κ1) is 21.1. The number of carbonyl (C=O) groups is 1. The second kappa shape index (κ2) is 7.65. The molecule has 1 saturated heterocycles. The number of carboxylic acid groups (broad SMARTS) is 1. The normalized spacial score (nSPS) is 21.2. The van der Waals surface area contributed by atoms with E-state index >= 15 is 0 Å². The molecule has 7 rings (SSSR count). The van der Waals surface area contributed by atoms with Crippen molar-refractivity contribution >= 4 is 33.6 Å². The van der Waals surface area contributed by atoms with Crippen LogP contribution < -0.4 is 4.90 Å². The fourth-order valence-electron chi connectivity index (χ4n) is 6.30. The van der Waals surface area contributed by atoms with E-state index in [2.05, 4.69) is 47.3 Å². The zero-order valence-corrected chi connectivity index (χ0v) is 20.2. The summed E-state index contributed by atoms with van der Waals surface area (Å²) in [7, 11) is 1.94. The molecule has 0 spiro atoms. The average Bonchev–Trinajstić information content (AvgIpc) is 3.65. The highest BCUT2D eigenvalue weighted by atomic mass is 16.4. The molecule has 2 bridgehead atoms. The maximum absolute atomic E-state index is 11.5. The van der Waals surface area contributed by atoms with E-state index in [9.17, 15) is 9.90 Å². The van der Waals surface area contributed by atoms with Gasteiger partial charge >= 0.3 is 5.97 Å². The minimum absolute atomic E-state index is 0.212. The van der Waals surface area contributed by atoms with E-state index in [1.165, 1.54) is 0 Å². The van der Waals surface area contributed by atoms with Gasteiger partial charge in [-0.3, -0.25) is 9.48 Å². The first-order valence-electron chi connectivity index (χ1n) is 12.3. The van der Waals surface area contributed by atoms with Crippen molar-refractivity contribution in [2.24, 2.45) is 18.9 Å². The summed E-state index contributed by atoms with van der Waals surface area (Å²) in [5.41, 5.74) is 6.03. The highest BCUT2D eigenvalue weighted by Gasteiger charge is 2.48. The van der Waals surface area contributed by atoms with Gasteiger partial charge in [0.15, 0.2) is 0 Å². The number of piperidine rings is 1. The number of rotatable bonds is 4. The fourth-order valence-corrected chi connectivity index (χ4v) is 6.30. The van der Waals surface area contributed by atoms with Crippen molar-refractivity contribution in [3.63, 3.8) is 0 Å². The Balaban J connectivity index is 1.30. The van der Waals surface area contributed by atoms with Gasteiger partial charge in [-0.25, -0.2) is 9.67 Å². The molecule has 2 aliphatic rings. The van der Waals surface area contributed by atoms with Crippen molar-refractivity contribution < 1.29 is 9.90 Å².